The summed E-state index contributed by atoms with van der Waals surface area (Å²) in [4.78, 5) is 11.2. The van der Waals surface area contributed by atoms with Gasteiger partial charge in [-0.2, -0.15) is 0 Å². The Morgan fingerprint density at radius 2 is 2.17 bits per heavy atom. The Hall–Kier alpha value is -1.35. The molecule has 0 fully saturated rings. The second kappa shape index (κ2) is 2.60. The standard InChI is InChI=1S/C9H9NO2/c10-7-1-2-8-6(3-7)4-12-5-9(8)11/h1-3H,4-5,10H2. The number of ketones is 1. The monoisotopic (exact) mass is 163 g/mol. The largest absolute Gasteiger partial charge is 0.399 e. The second-order valence-corrected chi connectivity index (χ2v) is 2.83. The zero-order chi connectivity index (χ0) is 8.55. The van der Waals surface area contributed by atoms with Crippen LogP contribution in [0, 0.1) is 0 Å². The highest BCUT2D eigenvalue weighted by molar-refractivity contribution is 5.99. The van der Waals surface area contributed by atoms with Crippen molar-refractivity contribution in [2.45, 2.75) is 6.61 Å². The van der Waals surface area contributed by atoms with Gasteiger partial charge in [0.25, 0.3) is 0 Å². The molecule has 1 aliphatic heterocycles. The summed E-state index contributed by atoms with van der Waals surface area (Å²) in [6.45, 7) is 0.684. The molecule has 3 heteroatoms. The average molecular weight is 163 g/mol. The van der Waals surface area contributed by atoms with Crippen LogP contribution in [-0.2, 0) is 11.3 Å². The van der Waals surface area contributed by atoms with E-state index in [1.807, 2.05) is 0 Å². The van der Waals surface area contributed by atoms with Gasteiger partial charge in [0.2, 0.25) is 0 Å². The van der Waals surface area contributed by atoms with Crippen molar-refractivity contribution in [2.24, 2.45) is 0 Å². The first-order valence-electron chi connectivity index (χ1n) is 3.77. The third-order valence-corrected chi connectivity index (χ3v) is 1.92. The van der Waals surface area contributed by atoms with E-state index in [4.69, 9.17) is 10.5 Å². The highest BCUT2D eigenvalue weighted by Gasteiger charge is 2.16. The molecule has 1 aromatic carbocycles. The fraction of sp³-hybridized carbons (Fsp3) is 0.222. The van der Waals surface area contributed by atoms with Gasteiger partial charge in [-0.25, -0.2) is 0 Å². The van der Waals surface area contributed by atoms with E-state index in [-0.39, 0.29) is 12.4 Å². The smallest absolute Gasteiger partial charge is 0.188 e. The number of hydrogen-bond acceptors (Lipinski definition) is 3. The molecule has 0 atom stereocenters. The van der Waals surface area contributed by atoms with E-state index in [2.05, 4.69) is 0 Å². The van der Waals surface area contributed by atoms with Crippen molar-refractivity contribution in [1.82, 2.24) is 0 Å². The molecule has 0 aromatic heterocycles. The van der Waals surface area contributed by atoms with Crippen LogP contribution in [0.3, 0.4) is 0 Å². The molecule has 0 radical (unpaired) electrons. The Balaban J connectivity index is 2.53. The lowest BCUT2D eigenvalue weighted by molar-refractivity contribution is 0.0666. The van der Waals surface area contributed by atoms with E-state index in [1.165, 1.54) is 0 Å². The molecular formula is C9H9NO2. The Bertz CT molecular complexity index is 333. The molecule has 1 heterocycles. The number of carbonyl (C=O) groups is 1. The van der Waals surface area contributed by atoms with E-state index < -0.39 is 0 Å². The minimum absolute atomic E-state index is 0.0382. The molecule has 0 aliphatic carbocycles. The van der Waals surface area contributed by atoms with Gasteiger partial charge >= 0.3 is 0 Å². The van der Waals surface area contributed by atoms with Crippen LogP contribution in [0.4, 0.5) is 5.69 Å². The van der Waals surface area contributed by atoms with Crippen LogP contribution < -0.4 is 5.73 Å². The second-order valence-electron chi connectivity index (χ2n) is 2.83. The highest BCUT2D eigenvalue weighted by Crippen LogP contribution is 2.18. The SMILES string of the molecule is Nc1ccc2c(c1)COCC2=O. The molecule has 0 amide bonds. The van der Waals surface area contributed by atoms with E-state index in [0.717, 1.165) is 11.1 Å². The van der Waals surface area contributed by atoms with Crippen molar-refractivity contribution in [3.05, 3.63) is 29.3 Å². The van der Waals surface area contributed by atoms with E-state index >= 15 is 0 Å². The van der Waals surface area contributed by atoms with Gasteiger partial charge in [0.05, 0.1) is 6.61 Å². The number of fused-ring (bicyclic) bond motifs is 1. The summed E-state index contributed by atoms with van der Waals surface area (Å²) in [5, 5.41) is 0. The molecule has 1 aliphatic rings. The van der Waals surface area contributed by atoms with E-state index in [1.54, 1.807) is 18.2 Å². The lowest BCUT2D eigenvalue weighted by Crippen LogP contribution is -2.17. The quantitative estimate of drug-likeness (QED) is 0.580. The Morgan fingerprint density at radius 1 is 1.33 bits per heavy atom. The number of carbonyl (C=O) groups excluding carboxylic acids is 1. The zero-order valence-corrected chi connectivity index (χ0v) is 6.54. The van der Waals surface area contributed by atoms with Crippen LogP contribution in [0.1, 0.15) is 15.9 Å². The fourth-order valence-electron chi connectivity index (χ4n) is 1.34. The molecule has 0 spiro atoms. The highest BCUT2D eigenvalue weighted by atomic mass is 16.5. The van der Waals surface area contributed by atoms with E-state index in [9.17, 15) is 4.79 Å². The van der Waals surface area contributed by atoms with Crippen LogP contribution in [0.25, 0.3) is 0 Å². The van der Waals surface area contributed by atoms with Crippen LogP contribution in [0.15, 0.2) is 18.2 Å². The van der Waals surface area contributed by atoms with Gasteiger partial charge in [0, 0.05) is 11.3 Å². The van der Waals surface area contributed by atoms with Crippen LogP contribution in [0.2, 0.25) is 0 Å². The molecular weight excluding hydrogens is 154 g/mol. The zero-order valence-electron chi connectivity index (χ0n) is 6.54. The molecule has 0 bridgehead atoms. The summed E-state index contributed by atoms with van der Waals surface area (Å²) in [6, 6.07) is 5.28. The summed E-state index contributed by atoms with van der Waals surface area (Å²) >= 11 is 0. The molecule has 12 heavy (non-hydrogen) atoms. The van der Waals surface area contributed by atoms with Crippen LogP contribution in [-0.4, -0.2) is 12.4 Å². The Morgan fingerprint density at radius 3 is 3.00 bits per heavy atom. The fourth-order valence-corrected chi connectivity index (χ4v) is 1.34. The number of anilines is 1. The van der Waals surface area contributed by atoms with Crippen molar-refractivity contribution in [3.8, 4) is 0 Å². The van der Waals surface area contributed by atoms with Gasteiger partial charge in [0.15, 0.2) is 5.78 Å². The lowest BCUT2D eigenvalue weighted by Gasteiger charge is -2.14. The third kappa shape index (κ3) is 1.08. The first-order chi connectivity index (χ1) is 5.77. The van der Waals surface area contributed by atoms with Gasteiger partial charge in [-0.15, -0.1) is 0 Å². The summed E-state index contributed by atoms with van der Waals surface area (Å²) in [7, 11) is 0. The van der Waals surface area contributed by atoms with Crippen LogP contribution >= 0.6 is 0 Å². The lowest BCUT2D eigenvalue weighted by atomic mass is 10.0. The summed E-state index contributed by atoms with van der Waals surface area (Å²) < 4.78 is 5.06. The van der Waals surface area contributed by atoms with Crippen molar-refractivity contribution in [3.63, 3.8) is 0 Å². The average Bonchev–Trinajstić information content (AvgIpc) is 2.04. The van der Waals surface area contributed by atoms with Gasteiger partial charge in [-0.3, -0.25) is 4.79 Å². The van der Waals surface area contributed by atoms with E-state index in [0.29, 0.717) is 12.3 Å². The number of Topliss-reactive ketones (excluding diaryl/α,β-unsaturated/α-hetero) is 1. The molecule has 2 N–H and O–H groups in total. The first-order valence-corrected chi connectivity index (χ1v) is 3.77. The van der Waals surface area contributed by atoms with Gasteiger partial charge < -0.3 is 10.5 Å². The number of benzene rings is 1. The molecule has 0 saturated carbocycles. The number of ether oxygens (including phenoxy) is 1. The molecule has 2 rings (SSSR count). The van der Waals surface area contributed by atoms with Crippen LogP contribution in [0.5, 0.6) is 0 Å². The maximum atomic E-state index is 11.2. The maximum absolute atomic E-state index is 11.2. The summed E-state index contributed by atoms with van der Waals surface area (Å²) in [5.41, 5.74) is 7.87. The Kier molecular flexibility index (Phi) is 1.59. The number of hydrogen-bond donors (Lipinski definition) is 1. The normalized spacial score (nSPS) is 15.8. The molecule has 0 unspecified atom stereocenters. The van der Waals surface area contributed by atoms with Gasteiger partial charge in [-0.1, -0.05) is 0 Å². The predicted molar refractivity (Wildman–Crippen MR) is 44.8 cm³/mol. The maximum Gasteiger partial charge on any atom is 0.188 e. The number of rotatable bonds is 0. The number of nitrogens with two attached hydrogens (primary N) is 1. The number of nitrogen functional groups attached to an aromatic ring is 1. The van der Waals surface area contributed by atoms with Crippen molar-refractivity contribution in [1.29, 1.82) is 0 Å². The Labute approximate surface area is 70.1 Å². The minimum Gasteiger partial charge on any atom is -0.399 e. The third-order valence-electron chi connectivity index (χ3n) is 1.92. The van der Waals surface area contributed by atoms with Gasteiger partial charge in [0.1, 0.15) is 6.61 Å². The van der Waals surface area contributed by atoms with Gasteiger partial charge in [-0.05, 0) is 23.8 Å². The molecule has 0 saturated heterocycles. The molecule has 3 nitrogen and oxygen atoms in total. The molecule has 1 aromatic rings. The predicted octanol–water partition coefficient (Wildman–Crippen LogP) is 0.982. The van der Waals surface area contributed by atoms with Crippen molar-refractivity contribution < 1.29 is 9.53 Å². The summed E-state index contributed by atoms with van der Waals surface area (Å²) in [6.07, 6.45) is 0. The first kappa shape index (κ1) is 7.31. The summed E-state index contributed by atoms with van der Waals surface area (Å²) in [5.74, 6) is 0.0382. The minimum atomic E-state index is 0.0382. The topological polar surface area (TPSA) is 52.3 Å². The molecule has 62 valence electrons. The van der Waals surface area contributed by atoms with Crippen molar-refractivity contribution >= 4 is 11.5 Å². The van der Waals surface area contributed by atoms with Crippen molar-refractivity contribution in [2.75, 3.05) is 12.3 Å².